The van der Waals surface area contributed by atoms with Gasteiger partial charge in [-0.25, -0.2) is 14.8 Å². The van der Waals surface area contributed by atoms with E-state index in [9.17, 15) is 4.79 Å². The summed E-state index contributed by atoms with van der Waals surface area (Å²) in [5, 5.41) is 19.3. The molecule has 4 heterocycles. The van der Waals surface area contributed by atoms with Crippen LogP contribution in [0.4, 0.5) is 10.5 Å². The summed E-state index contributed by atoms with van der Waals surface area (Å²) in [6.07, 6.45) is 6.75. The van der Waals surface area contributed by atoms with Crippen molar-refractivity contribution in [2.75, 3.05) is 18.4 Å². The number of thiazole rings is 1. The SMILES string of the molecule is O=C(Nc1cn[nH]c1-c1nccs1)N1CCCC(c2ncn[nH]2)C1. The standard InChI is InChI=1S/C14H16N8OS/c23-14(19-10-6-17-20-11(10)13-15-3-5-24-13)22-4-1-2-9(7-22)12-16-8-18-21-12/h3,5-6,8-9H,1-2,4,7H2,(H,17,20)(H,19,23)(H,16,18,21). The van der Waals surface area contributed by atoms with Gasteiger partial charge in [-0.1, -0.05) is 0 Å². The van der Waals surface area contributed by atoms with E-state index < -0.39 is 0 Å². The smallest absolute Gasteiger partial charge is 0.321 e. The fourth-order valence-electron chi connectivity index (χ4n) is 2.88. The number of carbonyl (C=O) groups excluding carboxylic acids is 1. The number of hydrogen-bond donors (Lipinski definition) is 3. The van der Waals surface area contributed by atoms with Gasteiger partial charge < -0.3 is 10.2 Å². The summed E-state index contributed by atoms with van der Waals surface area (Å²) in [7, 11) is 0. The van der Waals surface area contributed by atoms with Crippen LogP contribution in [-0.4, -0.2) is 54.4 Å². The minimum Gasteiger partial charge on any atom is -0.324 e. The monoisotopic (exact) mass is 344 g/mol. The lowest BCUT2D eigenvalue weighted by atomic mass is 9.98. The highest BCUT2D eigenvalue weighted by Gasteiger charge is 2.27. The molecule has 1 aliphatic heterocycles. The van der Waals surface area contributed by atoms with Gasteiger partial charge in [-0.2, -0.15) is 10.2 Å². The first-order valence-electron chi connectivity index (χ1n) is 7.65. The van der Waals surface area contributed by atoms with E-state index in [4.69, 9.17) is 0 Å². The van der Waals surface area contributed by atoms with Crippen molar-refractivity contribution in [2.45, 2.75) is 18.8 Å². The largest absolute Gasteiger partial charge is 0.324 e. The first-order chi connectivity index (χ1) is 11.8. The Morgan fingerprint density at radius 1 is 1.33 bits per heavy atom. The number of aromatic amines is 2. The Labute approximate surface area is 141 Å². The molecule has 1 fully saturated rings. The molecule has 0 spiro atoms. The second-order valence-electron chi connectivity index (χ2n) is 5.58. The van der Waals surface area contributed by atoms with Gasteiger partial charge in [0.25, 0.3) is 0 Å². The molecule has 9 nitrogen and oxygen atoms in total. The van der Waals surface area contributed by atoms with Gasteiger partial charge in [0.1, 0.15) is 22.9 Å². The van der Waals surface area contributed by atoms with Crippen molar-refractivity contribution in [1.82, 2.24) is 35.3 Å². The summed E-state index contributed by atoms with van der Waals surface area (Å²) in [6, 6.07) is -0.140. The first kappa shape index (κ1) is 14.8. The Hall–Kier alpha value is -2.75. The van der Waals surface area contributed by atoms with Crippen LogP contribution in [0.1, 0.15) is 24.6 Å². The molecule has 24 heavy (non-hydrogen) atoms. The second kappa shape index (κ2) is 6.40. The van der Waals surface area contributed by atoms with Crippen LogP contribution in [0.15, 0.2) is 24.1 Å². The summed E-state index contributed by atoms with van der Waals surface area (Å²) < 4.78 is 0. The highest BCUT2D eigenvalue weighted by Crippen LogP contribution is 2.28. The van der Waals surface area contributed by atoms with Crippen molar-refractivity contribution in [3.05, 3.63) is 29.9 Å². The molecule has 3 aromatic rings. The molecule has 0 aromatic carbocycles. The van der Waals surface area contributed by atoms with Crippen LogP contribution in [0.5, 0.6) is 0 Å². The lowest BCUT2D eigenvalue weighted by Gasteiger charge is -2.31. The number of H-pyrrole nitrogens is 2. The number of carbonyl (C=O) groups is 1. The molecule has 1 saturated heterocycles. The summed E-state index contributed by atoms with van der Waals surface area (Å²) >= 11 is 1.49. The predicted octanol–water partition coefficient (Wildman–Crippen LogP) is 2.06. The summed E-state index contributed by atoms with van der Waals surface area (Å²) in [5.74, 6) is 1.02. The first-order valence-corrected chi connectivity index (χ1v) is 8.53. The highest BCUT2D eigenvalue weighted by molar-refractivity contribution is 7.13. The summed E-state index contributed by atoms with van der Waals surface area (Å²) in [4.78, 5) is 22.9. The molecule has 0 bridgehead atoms. The topological polar surface area (TPSA) is 115 Å². The minimum absolute atomic E-state index is 0.140. The van der Waals surface area contributed by atoms with Gasteiger partial charge in [0.05, 0.1) is 11.9 Å². The molecular formula is C14H16N8OS. The number of piperidine rings is 1. The van der Waals surface area contributed by atoms with E-state index in [0.29, 0.717) is 12.2 Å². The van der Waals surface area contributed by atoms with Crippen LogP contribution >= 0.6 is 11.3 Å². The molecule has 1 aliphatic rings. The Balaban J connectivity index is 1.46. The number of nitrogens with zero attached hydrogens (tertiary/aromatic N) is 5. The molecule has 0 aliphatic carbocycles. The molecule has 1 unspecified atom stereocenters. The fraction of sp³-hybridized carbons (Fsp3) is 0.357. The number of urea groups is 1. The Bertz CT molecular complexity index is 797. The Morgan fingerprint density at radius 2 is 2.29 bits per heavy atom. The van der Waals surface area contributed by atoms with Crippen LogP contribution in [0.25, 0.3) is 10.7 Å². The molecule has 4 rings (SSSR count). The lowest BCUT2D eigenvalue weighted by Crippen LogP contribution is -2.41. The van der Waals surface area contributed by atoms with Gasteiger partial charge in [0.2, 0.25) is 0 Å². The van der Waals surface area contributed by atoms with Crippen molar-refractivity contribution in [3.63, 3.8) is 0 Å². The van der Waals surface area contributed by atoms with Crippen LogP contribution in [0, 0.1) is 0 Å². The number of nitrogens with one attached hydrogen (secondary N) is 3. The molecule has 3 N–H and O–H groups in total. The summed E-state index contributed by atoms with van der Waals surface area (Å²) in [6.45, 7) is 1.34. The molecular weight excluding hydrogens is 328 g/mol. The molecule has 0 saturated carbocycles. The van der Waals surface area contributed by atoms with Crippen molar-refractivity contribution in [1.29, 1.82) is 0 Å². The van der Waals surface area contributed by atoms with E-state index in [2.05, 4.69) is 35.7 Å². The number of hydrogen-bond acceptors (Lipinski definition) is 6. The van der Waals surface area contributed by atoms with Crippen molar-refractivity contribution in [3.8, 4) is 10.7 Å². The maximum Gasteiger partial charge on any atom is 0.321 e. The van der Waals surface area contributed by atoms with Crippen molar-refractivity contribution in [2.24, 2.45) is 0 Å². The van der Waals surface area contributed by atoms with Gasteiger partial charge in [0, 0.05) is 30.6 Å². The van der Waals surface area contributed by atoms with E-state index in [1.807, 2.05) is 5.38 Å². The van der Waals surface area contributed by atoms with Crippen LogP contribution in [-0.2, 0) is 0 Å². The third-order valence-corrected chi connectivity index (χ3v) is 4.85. The average Bonchev–Trinajstić information content (AvgIpc) is 3.36. The Kier molecular flexibility index (Phi) is 3.95. The van der Waals surface area contributed by atoms with Crippen LogP contribution in [0.2, 0.25) is 0 Å². The quantitative estimate of drug-likeness (QED) is 0.672. The van der Waals surface area contributed by atoms with Gasteiger partial charge in [-0.05, 0) is 12.8 Å². The van der Waals surface area contributed by atoms with Crippen molar-refractivity contribution < 1.29 is 4.79 Å². The molecule has 2 amide bonds. The molecule has 1 atom stereocenters. The van der Waals surface area contributed by atoms with E-state index >= 15 is 0 Å². The zero-order chi connectivity index (χ0) is 16.4. The van der Waals surface area contributed by atoms with Crippen LogP contribution in [0.3, 0.4) is 0 Å². The highest BCUT2D eigenvalue weighted by atomic mass is 32.1. The lowest BCUT2D eigenvalue weighted by molar-refractivity contribution is 0.191. The second-order valence-corrected chi connectivity index (χ2v) is 6.48. The molecule has 124 valence electrons. The Morgan fingerprint density at radius 3 is 3.08 bits per heavy atom. The fourth-order valence-corrected chi connectivity index (χ4v) is 3.53. The van der Waals surface area contributed by atoms with Gasteiger partial charge in [0.15, 0.2) is 0 Å². The van der Waals surface area contributed by atoms with E-state index in [1.54, 1.807) is 17.3 Å². The number of rotatable bonds is 3. The van der Waals surface area contributed by atoms with Crippen LogP contribution < -0.4 is 5.32 Å². The van der Waals surface area contributed by atoms with Gasteiger partial charge in [-0.15, -0.1) is 11.3 Å². The van der Waals surface area contributed by atoms with E-state index in [-0.39, 0.29) is 11.9 Å². The van der Waals surface area contributed by atoms with Gasteiger partial charge >= 0.3 is 6.03 Å². The zero-order valence-corrected chi connectivity index (χ0v) is 13.6. The molecule has 10 heteroatoms. The van der Waals surface area contributed by atoms with E-state index in [0.717, 1.165) is 35.9 Å². The minimum atomic E-state index is -0.140. The third kappa shape index (κ3) is 2.87. The van der Waals surface area contributed by atoms with E-state index in [1.165, 1.54) is 17.7 Å². The average molecular weight is 344 g/mol. The number of aromatic nitrogens is 6. The number of amides is 2. The van der Waals surface area contributed by atoms with Crippen molar-refractivity contribution >= 4 is 23.1 Å². The molecule has 3 aromatic heterocycles. The zero-order valence-electron chi connectivity index (χ0n) is 12.8. The predicted molar refractivity (Wildman–Crippen MR) is 88.6 cm³/mol. The van der Waals surface area contributed by atoms with Gasteiger partial charge in [-0.3, -0.25) is 10.2 Å². The third-order valence-electron chi connectivity index (χ3n) is 4.06. The molecule has 0 radical (unpaired) electrons. The summed E-state index contributed by atoms with van der Waals surface area (Å²) in [5.41, 5.74) is 1.36. The number of anilines is 1. The maximum atomic E-state index is 12.6. The normalized spacial score (nSPS) is 17.8. The maximum absolute atomic E-state index is 12.6. The number of likely N-dealkylation sites (tertiary alicyclic amines) is 1.